The van der Waals surface area contributed by atoms with E-state index in [1.165, 1.54) is 39.5 Å². The molecule has 0 aliphatic rings. The third kappa shape index (κ3) is 2.96. The van der Waals surface area contributed by atoms with E-state index in [1.54, 1.807) is 12.1 Å². The molecule has 2 rings (SSSR count). The van der Waals surface area contributed by atoms with Gasteiger partial charge in [-0.05, 0) is 29.3 Å². The van der Waals surface area contributed by atoms with Crippen LogP contribution in [0.2, 0.25) is 0 Å². The molecule has 0 atom stereocenters. The predicted octanol–water partition coefficient (Wildman–Crippen LogP) is 2.78. The van der Waals surface area contributed by atoms with Gasteiger partial charge in [-0.1, -0.05) is 12.1 Å². The van der Waals surface area contributed by atoms with Gasteiger partial charge >= 0.3 is 11.9 Å². The fraction of sp³-hybridized carbons (Fsp3) is 0.176. The van der Waals surface area contributed by atoms with Gasteiger partial charge in [0.05, 0.1) is 32.5 Å². The lowest BCUT2D eigenvalue weighted by molar-refractivity contribution is 0.0652. The van der Waals surface area contributed by atoms with Crippen molar-refractivity contribution in [3.05, 3.63) is 41.5 Å². The first kappa shape index (κ1) is 17.1. The zero-order valence-corrected chi connectivity index (χ0v) is 13.3. The predicted molar refractivity (Wildman–Crippen MR) is 85.5 cm³/mol. The molecule has 126 valence electrons. The van der Waals surface area contributed by atoms with E-state index in [2.05, 4.69) is 0 Å². The number of hydrogen-bond donors (Lipinski definition) is 2. The molecule has 0 spiro atoms. The number of hydrogen-bond acceptors (Lipinski definition) is 5. The molecule has 0 saturated heterocycles. The maximum atomic E-state index is 11.6. The van der Waals surface area contributed by atoms with Crippen LogP contribution in [0.1, 0.15) is 20.7 Å². The van der Waals surface area contributed by atoms with E-state index in [1.807, 2.05) is 0 Å². The van der Waals surface area contributed by atoms with Gasteiger partial charge in [-0.25, -0.2) is 9.59 Å². The Morgan fingerprint density at radius 1 is 0.875 bits per heavy atom. The molecule has 0 aliphatic carbocycles. The van der Waals surface area contributed by atoms with Crippen LogP contribution in [0.4, 0.5) is 0 Å². The Kier molecular flexibility index (Phi) is 4.93. The molecule has 0 aromatic heterocycles. The van der Waals surface area contributed by atoms with Crippen LogP contribution in [-0.4, -0.2) is 43.5 Å². The summed E-state index contributed by atoms with van der Waals surface area (Å²) in [5.74, 6) is -1.62. The van der Waals surface area contributed by atoms with Gasteiger partial charge in [0.2, 0.25) is 5.75 Å². The van der Waals surface area contributed by atoms with E-state index in [9.17, 15) is 19.8 Å². The van der Waals surface area contributed by atoms with E-state index in [-0.39, 0.29) is 16.7 Å². The molecule has 2 aromatic carbocycles. The molecular formula is C17H16O7. The quantitative estimate of drug-likeness (QED) is 0.838. The largest absolute Gasteiger partial charge is 0.493 e. The van der Waals surface area contributed by atoms with E-state index in [0.717, 1.165) is 0 Å². The van der Waals surface area contributed by atoms with Gasteiger partial charge in [0.1, 0.15) is 0 Å². The van der Waals surface area contributed by atoms with Crippen molar-refractivity contribution in [1.82, 2.24) is 0 Å². The van der Waals surface area contributed by atoms with E-state index in [4.69, 9.17) is 14.2 Å². The molecule has 0 unspecified atom stereocenters. The minimum Gasteiger partial charge on any atom is -0.493 e. The molecule has 0 heterocycles. The Balaban J connectivity index is 2.79. The third-order valence-electron chi connectivity index (χ3n) is 3.48. The molecule has 2 N–H and O–H groups in total. The summed E-state index contributed by atoms with van der Waals surface area (Å²) in [5.41, 5.74) is 0.0691. The van der Waals surface area contributed by atoms with E-state index >= 15 is 0 Å². The number of methoxy groups -OCH3 is 3. The second-order valence-electron chi connectivity index (χ2n) is 4.75. The molecule has 0 aliphatic heterocycles. The van der Waals surface area contributed by atoms with Crippen LogP contribution in [0.3, 0.4) is 0 Å². The standard InChI is InChI=1S/C17H16O7/c1-22-12-7-9(8-13(23-2)15(12)24-3)10-5-4-6-11(16(18)19)14(10)17(20)21/h4-8H,1-3H3,(H,18,19)(H,20,21). The molecule has 7 nitrogen and oxygen atoms in total. The highest BCUT2D eigenvalue weighted by atomic mass is 16.5. The number of carboxylic acids is 2. The van der Waals surface area contributed by atoms with Crippen LogP contribution in [-0.2, 0) is 0 Å². The highest BCUT2D eigenvalue weighted by molar-refractivity contribution is 6.06. The van der Waals surface area contributed by atoms with Crippen molar-refractivity contribution >= 4 is 11.9 Å². The molecule has 7 heteroatoms. The maximum absolute atomic E-state index is 11.6. The van der Waals surface area contributed by atoms with Gasteiger partial charge in [-0.2, -0.15) is 0 Å². The molecular weight excluding hydrogens is 316 g/mol. The Labute approximate surface area is 138 Å². The number of ether oxygens (including phenoxy) is 3. The molecule has 0 saturated carbocycles. The highest BCUT2D eigenvalue weighted by Gasteiger charge is 2.23. The lowest BCUT2D eigenvalue weighted by atomic mass is 9.95. The summed E-state index contributed by atoms with van der Waals surface area (Å²) < 4.78 is 15.7. The minimum absolute atomic E-state index is 0.238. The second kappa shape index (κ2) is 6.91. The van der Waals surface area contributed by atoms with Gasteiger partial charge < -0.3 is 24.4 Å². The fourth-order valence-corrected chi connectivity index (χ4v) is 2.44. The number of rotatable bonds is 6. The first-order chi connectivity index (χ1) is 11.4. The SMILES string of the molecule is COc1cc(-c2cccc(C(=O)O)c2C(=O)O)cc(OC)c1OC. The summed E-state index contributed by atoms with van der Waals surface area (Å²) in [6.07, 6.45) is 0. The van der Waals surface area contributed by atoms with Gasteiger partial charge in [0.15, 0.2) is 11.5 Å². The summed E-state index contributed by atoms with van der Waals surface area (Å²) in [6, 6.07) is 7.38. The van der Waals surface area contributed by atoms with Gasteiger partial charge in [0.25, 0.3) is 0 Å². The zero-order valence-electron chi connectivity index (χ0n) is 13.3. The lowest BCUT2D eigenvalue weighted by Gasteiger charge is -2.15. The van der Waals surface area contributed by atoms with Crippen molar-refractivity contribution < 1.29 is 34.0 Å². The minimum atomic E-state index is -1.34. The summed E-state index contributed by atoms with van der Waals surface area (Å²) >= 11 is 0. The maximum Gasteiger partial charge on any atom is 0.337 e. The average molecular weight is 332 g/mol. The Hall–Kier alpha value is -3.22. The zero-order chi connectivity index (χ0) is 17.9. The number of carboxylic acid groups (broad SMARTS) is 2. The van der Waals surface area contributed by atoms with Crippen molar-refractivity contribution in [3.63, 3.8) is 0 Å². The summed E-state index contributed by atoms with van der Waals surface area (Å²) in [5, 5.41) is 18.7. The lowest BCUT2D eigenvalue weighted by Crippen LogP contribution is -2.10. The smallest absolute Gasteiger partial charge is 0.337 e. The van der Waals surface area contributed by atoms with Crippen molar-refractivity contribution in [2.75, 3.05) is 21.3 Å². The normalized spacial score (nSPS) is 10.1. The van der Waals surface area contributed by atoms with Crippen molar-refractivity contribution in [1.29, 1.82) is 0 Å². The topological polar surface area (TPSA) is 102 Å². The summed E-state index contributed by atoms with van der Waals surface area (Å²) in [4.78, 5) is 22.9. The molecule has 0 radical (unpaired) electrons. The number of carbonyl (C=O) groups is 2. The first-order valence-corrected chi connectivity index (χ1v) is 6.84. The summed E-state index contributed by atoms with van der Waals surface area (Å²) in [7, 11) is 4.33. The second-order valence-corrected chi connectivity index (χ2v) is 4.75. The number of benzene rings is 2. The molecule has 24 heavy (non-hydrogen) atoms. The Bertz CT molecular complexity index is 771. The fourth-order valence-electron chi connectivity index (χ4n) is 2.44. The first-order valence-electron chi connectivity index (χ1n) is 6.84. The highest BCUT2D eigenvalue weighted by Crippen LogP contribution is 2.42. The van der Waals surface area contributed by atoms with Gasteiger partial charge in [-0.3, -0.25) is 0 Å². The van der Waals surface area contributed by atoms with Crippen LogP contribution < -0.4 is 14.2 Å². The molecule has 0 amide bonds. The third-order valence-corrected chi connectivity index (χ3v) is 3.48. The van der Waals surface area contributed by atoms with Crippen LogP contribution >= 0.6 is 0 Å². The van der Waals surface area contributed by atoms with Crippen LogP contribution in [0.25, 0.3) is 11.1 Å². The van der Waals surface area contributed by atoms with Crippen LogP contribution in [0, 0.1) is 0 Å². The monoisotopic (exact) mass is 332 g/mol. The molecule has 2 aromatic rings. The molecule has 0 fully saturated rings. The van der Waals surface area contributed by atoms with Gasteiger partial charge in [0, 0.05) is 0 Å². The average Bonchev–Trinajstić information content (AvgIpc) is 2.59. The molecule has 0 bridgehead atoms. The summed E-state index contributed by atoms with van der Waals surface area (Å²) in [6.45, 7) is 0. The van der Waals surface area contributed by atoms with Crippen molar-refractivity contribution in [3.8, 4) is 28.4 Å². The van der Waals surface area contributed by atoms with Gasteiger partial charge in [-0.15, -0.1) is 0 Å². The Morgan fingerprint density at radius 2 is 1.46 bits per heavy atom. The van der Waals surface area contributed by atoms with E-state index in [0.29, 0.717) is 22.8 Å². The van der Waals surface area contributed by atoms with Crippen molar-refractivity contribution in [2.45, 2.75) is 0 Å². The van der Waals surface area contributed by atoms with Crippen LogP contribution in [0.15, 0.2) is 30.3 Å². The van der Waals surface area contributed by atoms with Crippen molar-refractivity contribution in [2.24, 2.45) is 0 Å². The van der Waals surface area contributed by atoms with Crippen LogP contribution in [0.5, 0.6) is 17.2 Å². The van der Waals surface area contributed by atoms with E-state index < -0.39 is 11.9 Å². The Morgan fingerprint density at radius 3 is 1.88 bits per heavy atom. The number of aromatic carboxylic acids is 2.